The Balaban J connectivity index is 1.81. The van der Waals surface area contributed by atoms with E-state index in [1.807, 2.05) is 13.8 Å². The van der Waals surface area contributed by atoms with Gasteiger partial charge < -0.3 is 31.9 Å². The van der Waals surface area contributed by atoms with Crippen LogP contribution in [0.25, 0.3) is 0 Å². The molecule has 1 fully saturated rings. The molecule has 3 unspecified atom stereocenters. The molecule has 1 aliphatic rings. The van der Waals surface area contributed by atoms with Crippen molar-refractivity contribution < 1.29 is 27.9 Å². The van der Waals surface area contributed by atoms with E-state index in [1.165, 1.54) is 36.4 Å². The molecule has 1 amide bonds. The average molecular weight is 533 g/mol. The van der Waals surface area contributed by atoms with Gasteiger partial charge in [0.15, 0.2) is 15.6 Å². The lowest BCUT2D eigenvalue weighted by Gasteiger charge is -2.25. The first-order valence-electron chi connectivity index (χ1n) is 12.3. The Kier molecular flexibility index (Phi) is 9.80. The molecule has 202 valence electrons. The largest absolute Gasteiger partial charge is 0.508 e. The van der Waals surface area contributed by atoms with Crippen molar-refractivity contribution in [2.24, 2.45) is 17.4 Å². The molecule has 4 atom stereocenters. The van der Waals surface area contributed by atoms with E-state index in [-0.39, 0.29) is 28.5 Å². The fourth-order valence-electron chi connectivity index (χ4n) is 4.15. The van der Waals surface area contributed by atoms with Crippen LogP contribution in [0.2, 0.25) is 0 Å². The maximum absolute atomic E-state index is 13.4. The molecule has 11 heteroatoms. The highest BCUT2D eigenvalue weighted by molar-refractivity contribution is 7.92. The number of benzene rings is 2. The van der Waals surface area contributed by atoms with Gasteiger partial charge in [0.25, 0.3) is 5.91 Å². The molecule has 2 aromatic rings. The number of rotatable bonds is 11. The zero-order chi connectivity index (χ0) is 27.2. The second-order valence-corrected chi connectivity index (χ2v) is 11.8. The minimum atomic E-state index is -3.91. The molecule has 7 N–H and O–H groups in total. The van der Waals surface area contributed by atoms with Crippen molar-refractivity contribution in [3.8, 4) is 5.75 Å². The number of phenolic OH excluding ortho intramolecular Hbond substituents is 1. The van der Waals surface area contributed by atoms with E-state index in [0.29, 0.717) is 26.1 Å². The van der Waals surface area contributed by atoms with Crippen LogP contribution in [0.15, 0.2) is 53.4 Å². The zero-order valence-electron chi connectivity index (χ0n) is 21.1. The number of amides is 1. The number of aromatic hydroxyl groups is 1. The number of sulfone groups is 1. The lowest BCUT2D eigenvalue weighted by Crippen LogP contribution is -2.52. The number of Topliss-reactive ketones (excluding diaryl/α,β-unsaturated/α-hetero) is 1. The number of nitrogens with one attached hydrogen (secondary N) is 2. The number of hydrogen-bond donors (Lipinski definition) is 5. The van der Waals surface area contributed by atoms with Gasteiger partial charge in [0.2, 0.25) is 0 Å². The van der Waals surface area contributed by atoms with Gasteiger partial charge in [-0.2, -0.15) is 0 Å². The van der Waals surface area contributed by atoms with E-state index in [1.54, 1.807) is 12.1 Å². The van der Waals surface area contributed by atoms with Crippen molar-refractivity contribution in [3.05, 3.63) is 59.7 Å². The van der Waals surface area contributed by atoms with Crippen LogP contribution in [0.1, 0.15) is 36.2 Å². The van der Waals surface area contributed by atoms with Gasteiger partial charge in [-0.1, -0.05) is 38.1 Å². The van der Waals surface area contributed by atoms with Crippen LogP contribution in [-0.2, 0) is 25.8 Å². The van der Waals surface area contributed by atoms with Gasteiger partial charge in [0.1, 0.15) is 17.2 Å². The molecule has 1 saturated heterocycles. The molecule has 0 aliphatic carbocycles. The Bertz CT molecular complexity index is 1160. The quantitative estimate of drug-likeness (QED) is 0.261. The second-order valence-electron chi connectivity index (χ2n) is 9.69. The third-order valence-corrected chi connectivity index (χ3v) is 8.22. The van der Waals surface area contributed by atoms with Crippen molar-refractivity contribution in [1.82, 2.24) is 10.6 Å². The summed E-state index contributed by atoms with van der Waals surface area (Å²) >= 11 is 0. The first-order valence-corrected chi connectivity index (χ1v) is 13.8. The van der Waals surface area contributed by atoms with Gasteiger partial charge in [-0.05, 0) is 42.2 Å². The first-order chi connectivity index (χ1) is 17.5. The maximum atomic E-state index is 13.4. The van der Waals surface area contributed by atoms with Gasteiger partial charge in [-0.3, -0.25) is 9.59 Å². The van der Waals surface area contributed by atoms with Crippen molar-refractivity contribution in [1.29, 1.82) is 0 Å². The number of morpholine rings is 1. The summed E-state index contributed by atoms with van der Waals surface area (Å²) in [5, 5.41) is 14.2. The van der Waals surface area contributed by atoms with E-state index in [0.717, 1.165) is 5.56 Å². The molecule has 3 rings (SSSR count). The molecular weight excluding hydrogens is 496 g/mol. The van der Waals surface area contributed by atoms with Crippen molar-refractivity contribution >= 4 is 21.5 Å². The molecule has 1 heterocycles. The van der Waals surface area contributed by atoms with Crippen LogP contribution in [0.5, 0.6) is 5.75 Å². The minimum absolute atomic E-state index is 0.0310. The van der Waals surface area contributed by atoms with Crippen LogP contribution in [-0.4, -0.2) is 68.5 Å². The standard InChI is InChI=1S/C26H36N4O6S/c1-16(2)13-21(27)25(28)37(34,35)20-9-5-18(6-10-20)24(32)22(14-17-3-7-19(31)8-4-17)30-26(33)23-15-29-11-12-36-23/h3-10,16,21-23,25,29,31H,11-15,27-28H2,1-2H3,(H,30,33)/t21?,22-,23?,25?/m0/s1. The summed E-state index contributed by atoms with van der Waals surface area (Å²) in [5.41, 5.74) is 13.0. The summed E-state index contributed by atoms with van der Waals surface area (Å²) < 4.78 is 31.4. The summed E-state index contributed by atoms with van der Waals surface area (Å²) in [7, 11) is -3.91. The summed E-state index contributed by atoms with van der Waals surface area (Å²) in [6, 6.07) is 10.1. The zero-order valence-corrected chi connectivity index (χ0v) is 21.9. The Morgan fingerprint density at radius 2 is 1.76 bits per heavy atom. The summed E-state index contributed by atoms with van der Waals surface area (Å²) in [6.45, 7) is 5.22. The fourth-order valence-corrected chi connectivity index (χ4v) is 5.55. The van der Waals surface area contributed by atoms with Gasteiger partial charge in [0, 0.05) is 31.1 Å². The molecule has 10 nitrogen and oxygen atoms in total. The molecule has 0 saturated carbocycles. The first kappa shape index (κ1) is 28.7. The summed E-state index contributed by atoms with van der Waals surface area (Å²) in [4.78, 5) is 26.2. The molecule has 0 spiro atoms. The average Bonchev–Trinajstić information content (AvgIpc) is 2.88. The van der Waals surface area contributed by atoms with Crippen LogP contribution in [0.4, 0.5) is 0 Å². The van der Waals surface area contributed by atoms with E-state index >= 15 is 0 Å². The van der Waals surface area contributed by atoms with E-state index in [9.17, 15) is 23.1 Å². The highest BCUT2D eigenvalue weighted by Gasteiger charge is 2.31. The minimum Gasteiger partial charge on any atom is -0.508 e. The molecular formula is C26H36N4O6S. The molecule has 2 aromatic carbocycles. The lowest BCUT2D eigenvalue weighted by molar-refractivity contribution is -0.134. The van der Waals surface area contributed by atoms with Gasteiger partial charge in [0.05, 0.1) is 17.5 Å². The Morgan fingerprint density at radius 3 is 2.32 bits per heavy atom. The fraction of sp³-hybridized carbons (Fsp3) is 0.462. The van der Waals surface area contributed by atoms with Crippen molar-refractivity contribution in [2.45, 2.75) is 55.1 Å². The van der Waals surface area contributed by atoms with Crippen molar-refractivity contribution in [2.75, 3.05) is 19.7 Å². The monoisotopic (exact) mass is 532 g/mol. The number of carbonyl (C=O) groups is 2. The predicted octanol–water partition coefficient (Wildman–Crippen LogP) is 0.723. The van der Waals surface area contributed by atoms with E-state index in [4.69, 9.17) is 16.2 Å². The van der Waals surface area contributed by atoms with Crippen molar-refractivity contribution in [3.63, 3.8) is 0 Å². The highest BCUT2D eigenvalue weighted by Crippen LogP contribution is 2.20. The Morgan fingerprint density at radius 1 is 1.11 bits per heavy atom. The smallest absolute Gasteiger partial charge is 0.251 e. The van der Waals surface area contributed by atoms with Gasteiger partial charge >= 0.3 is 0 Å². The third-order valence-electron chi connectivity index (χ3n) is 6.22. The normalized spacial score (nSPS) is 18.7. The topological polar surface area (TPSA) is 174 Å². The van der Waals surface area contributed by atoms with Crippen LogP contribution in [0.3, 0.4) is 0 Å². The van der Waals surface area contributed by atoms with E-state index < -0.39 is 45.1 Å². The second kappa shape index (κ2) is 12.6. The third kappa shape index (κ3) is 7.59. The SMILES string of the molecule is CC(C)CC(N)C(N)S(=O)(=O)c1ccc(C(=O)[C@H](Cc2ccc(O)cc2)NC(=O)C2CNCCO2)cc1. The van der Waals surface area contributed by atoms with Gasteiger partial charge in [-0.25, -0.2) is 8.42 Å². The Hall–Kier alpha value is -2.83. The van der Waals surface area contributed by atoms with Crippen LogP contribution in [0, 0.1) is 5.92 Å². The van der Waals surface area contributed by atoms with E-state index in [2.05, 4.69) is 10.6 Å². The Labute approximate surface area is 217 Å². The number of ether oxygens (including phenoxy) is 1. The van der Waals surface area contributed by atoms with Crippen LogP contribution >= 0.6 is 0 Å². The summed E-state index contributed by atoms with van der Waals surface area (Å²) in [5.74, 6) is -0.546. The molecule has 0 aromatic heterocycles. The molecule has 1 aliphatic heterocycles. The van der Waals surface area contributed by atoms with Gasteiger partial charge in [-0.15, -0.1) is 0 Å². The number of ketones is 1. The highest BCUT2D eigenvalue weighted by atomic mass is 32.2. The number of carbonyl (C=O) groups excluding carboxylic acids is 2. The number of phenols is 1. The summed E-state index contributed by atoms with van der Waals surface area (Å²) in [6.07, 6.45) is -0.108. The lowest BCUT2D eigenvalue weighted by atomic mass is 9.97. The maximum Gasteiger partial charge on any atom is 0.251 e. The molecule has 0 bridgehead atoms. The van der Waals surface area contributed by atoms with Crippen LogP contribution < -0.4 is 22.1 Å². The predicted molar refractivity (Wildman–Crippen MR) is 140 cm³/mol. The molecule has 0 radical (unpaired) electrons. The number of hydrogen-bond acceptors (Lipinski definition) is 9. The number of nitrogens with two attached hydrogens (primary N) is 2. The molecule has 37 heavy (non-hydrogen) atoms.